The van der Waals surface area contributed by atoms with Crippen LogP contribution in [0.4, 0.5) is 13.2 Å². The highest BCUT2D eigenvalue weighted by molar-refractivity contribution is 5.89. The molecule has 1 saturated carbocycles. The van der Waals surface area contributed by atoms with Crippen LogP contribution < -0.4 is 10.5 Å². The molecule has 1 aliphatic carbocycles. The molecule has 0 amide bonds. The molecule has 0 aliphatic heterocycles. The summed E-state index contributed by atoms with van der Waals surface area (Å²) in [5.41, 5.74) is 5.58. The maximum atomic E-state index is 13.7. The van der Waals surface area contributed by atoms with Gasteiger partial charge in [-0.1, -0.05) is 25.1 Å². The highest BCUT2D eigenvalue weighted by Gasteiger charge is 2.37. The van der Waals surface area contributed by atoms with Gasteiger partial charge in [0.1, 0.15) is 11.3 Å². The van der Waals surface area contributed by atoms with Crippen LogP contribution in [0.25, 0.3) is 10.8 Å². The minimum Gasteiger partial charge on any atom is -0.490 e. The molecule has 0 unspecified atom stereocenters. The van der Waals surface area contributed by atoms with E-state index >= 15 is 0 Å². The molecule has 0 atom stereocenters. The van der Waals surface area contributed by atoms with Gasteiger partial charge in [-0.15, -0.1) is 0 Å². The zero-order valence-electron chi connectivity index (χ0n) is 13.7. The van der Waals surface area contributed by atoms with E-state index in [2.05, 4.69) is 6.92 Å². The third-order valence-electron chi connectivity index (χ3n) is 4.82. The molecule has 24 heavy (non-hydrogen) atoms. The zero-order chi connectivity index (χ0) is 17.3. The molecule has 1 fully saturated rings. The molecular formula is C19H22F3NO. The fraction of sp³-hybridized carbons (Fsp3) is 0.474. The highest BCUT2D eigenvalue weighted by Crippen LogP contribution is 2.42. The molecule has 2 aromatic rings. The van der Waals surface area contributed by atoms with Crippen LogP contribution in [0.1, 0.15) is 43.7 Å². The zero-order valence-corrected chi connectivity index (χ0v) is 13.7. The number of fused-ring (bicyclic) bond motifs is 1. The predicted octanol–water partition coefficient (Wildman–Crippen LogP) is 5.27. The van der Waals surface area contributed by atoms with E-state index in [1.54, 1.807) is 18.2 Å². The average molecular weight is 337 g/mol. The predicted molar refractivity (Wildman–Crippen MR) is 88.9 cm³/mol. The van der Waals surface area contributed by atoms with Gasteiger partial charge in [0, 0.05) is 6.54 Å². The minimum atomic E-state index is -4.47. The van der Waals surface area contributed by atoms with Crippen molar-refractivity contribution in [2.24, 2.45) is 11.7 Å². The van der Waals surface area contributed by atoms with Crippen LogP contribution >= 0.6 is 0 Å². The van der Waals surface area contributed by atoms with Gasteiger partial charge in [0.15, 0.2) is 0 Å². The van der Waals surface area contributed by atoms with Crippen LogP contribution in [-0.4, -0.2) is 6.10 Å². The third kappa shape index (κ3) is 3.51. The van der Waals surface area contributed by atoms with E-state index in [0.717, 1.165) is 25.7 Å². The van der Waals surface area contributed by atoms with Gasteiger partial charge in [-0.05, 0) is 60.1 Å². The normalized spacial score (nSPS) is 21.9. The SMILES string of the molecule is CC1CCC(Oc2ccc3ccc(CN)cc3c2C(F)(F)F)CC1. The van der Waals surface area contributed by atoms with E-state index in [0.29, 0.717) is 16.9 Å². The summed E-state index contributed by atoms with van der Waals surface area (Å²) in [6, 6.07) is 8.09. The summed E-state index contributed by atoms with van der Waals surface area (Å²) < 4.78 is 46.9. The van der Waals surface area contributed by atoms with Crippen LogP contribution in [0, 0.1) is 5.92 Å². The average Bonchev–Trinajstić information content (AvgIpc) is 2.55. The van der Waals surface area contributed by atoms with Gasteiger partial charge in [-0.2, -0.15) is 13.2 Å². The van der Waals surface area contributed by atoms with Crippen molar-refractivity contribution in [2.45, 2.75) is 51.4 Å². The summed E-state index contributed by atoms with van der Waals surface area (Å²) in [7, 11) is 0. The highest BCUT2D eigenvalue weighted by atomic mass is 19.4. The first-order valence-corrected chi connectivity index (χ1v) is 8.38. The van der Waals surface area contributed by atoms with Crippen LogP contribution in [0.2, 0.25) is 0 Å². The molecule has 0 bridgehead atoms. The van der Waals surface area contributed by atoms with Crippen molar-refractivity contribution in [3.8, 4) is 5.75 Å². The van der Waals surface area contributed by atoms with Crippen molar-refractivity contribution in [3.05, 3.63) is 41.5 Å². The molecule has 0 heterocycles. The second-order valence-corrected chi connectivity index (χ2v) is 6.70. The fourth-order valence-electron chi connectivity index (χ4n) is 3.39. The number of halogens is 3. The van der Waals surface area contributed by atoms with Gasteiger partial charge in [-0.25, -0.2) is 0 Å². The second kappa shape index (κ2) is 6.63. The summed E-state index contributed by atoms with van der Waals surface area (Å²) in [5.74, 6) is 0.555. The summed E-state index contributed by atoms with van der Waals surface area (Å²) in [6.07, 6.45) is -1.01. The van der Waals surface area contributed by atoms with Crippen LogP contribution in [0.15, 0.2) is 30.3 Å². The Morgan fingerprint density at radius 2 is 1.75 bits per heavy atom. The molecule has 2 nitrogen and oxygen atoms in total. The monoisotopic (exact) mass is 337 g/mol. The van der Waals surface area contributed by atoms with Crippen LogP contribution in [0.5, 0.6) is 5.75 Å². The van der Waals surface area contributed by atoms with E-state index < -0.39 is 11.7 Å². The topological polar surface area (TPSA) is 35.2 Å². The van der Waals surface area contributed by atoms with E-state index in [9.17, 15) is 13.2 Å². The molecule has 0 aromatic heterocycles. The van der Waals surface area contributed by atoms with Crippen molar-refractivity contribution in [1.82, 2.24) is 0 Å². The molecule has 2 aromatic carbocycles. The minimum absolute atomic E-state index is 0.0660. The Morgan fingerprint density at radius 1 is 1.08 bits per heavy atom. The first kappa shape index (κ1) is 17.1. The lowest BCUT2D eigenvalue weighted by Crippen LogP contribution is -2.24. The van der Waals surface area contributed by atoms with E-state index in [4.69, 9.17) is 10.5 Å². The summed E-state index contributed by atoms with van der Waals surface area (Å²) in [4.78, 5) is 0. The van der Waals surface area contributed by atoms with E-state index in [1.807, 2.05) is 0 Å². The van der Waals surface area contributed by atoms with Crippen molar-refractivity contribution in [1.29, 1.82) is 0 Å². The number of benzene rings is 2. The molecule has 130 valence electrons. The Kier molecular flexibility index (Phi) is 4.72. The lowest BCUT2D eigenvalue weighted by molar-refractivity contribution is -0.138. The van der Waals surface area contributed by atoms with E-state index in [-0.39, 0.29) is 23.8 Å². The Morgan fingerprint density at radius 3 is 2.38 bits per heavy atom. The van der Waals surface area contributed by atoms with Crippen LogP contribution in [-0.2, 0) is 12.7 Å². The summed E-state index contributed by atoms with van der Waals surface area (Å²) in [5, 5.41) is 0.705. The number of rotatable bonds is 3. The molecular weight excluding hydrogens is 315 g/mol. The number of nitrogens with two attached hydrogens (primary N) is 1. The van der Waals surface area contributed by atoms with Gasteiger partial charge in [0.25, 0.3) is 0 Å². The first-order chi connectivity index (χ1) is 11.4. The van der Waals surface area contributed by atoms with E-state index in [1.165, 1.54) is 12.1 Å². The molecule has 1 aliphatic rings. The lowest BCUT2D eigenvalue weighted by atomic mass is 9.89. The molecule has 3 rings (SSSR count). The van der Waals surface area contributed by atoms with Crippen LogP contribution in [0.3, 0.4) is 0 Å². The molecule has 0 radical (unpaired) electrons. The fourth-order valence-corrected chi connectivity index (χ4v) is 3.39. The summed E-state index contributed by atoms with van der Waals surface area (Å²) in [6.45, 7) is 2.38. The Hall–Kier alpha value is -1.75. The maximum Gasteiger partial charge on any atom is 0.420 e. The second-order valence-electron chi connectivity index (χ2n) is 6.70. The van der Waals surface area contributed by atoms with Gasteiger partial charge < -0.3 is 10.5 Å². The number of hydrogen-bond acceptors (Lipinski definition) is 2. The Balaban J connectivity index is 2.03. The van der Waals surface area contributed by atoms with Crippen molar-refractivity contribution in [2.75, 3.05) is 0 Å². The number of hydrogen-bond donors (Lipinski definition) is 1. The van der Waals surface area contributed by atoms with Crippen molar-refractivity contribution < 1.29 is 17.9 Å². The quantitative estimate of drug-likeness (QED) is 0.827. The van der Waals surface area contributed by atoms with Gasteiger partial charge in [0.2, 0.25) is 0 Å². The number of alkyl halides is 3. The molecule has 2 N–H and O–H groups in total. The third-order valence-corrected chi connectivity index (χ3v) is 4.82. The first-order valence-electron chi connectivity index (χ1n) is 8.38. The van der Waals surface area contributed by atoms with Crippen molar-refractivity contribution >= 4 is 10.8 Å². The molecule has 5 heteroatoms. The maximum absolute atomic E-state index is 13.7. The van der Waals surface area contributed by atoms with Gasteiger partial charge in [0.05, 0.1) is 6.10 Å². The standard InChI is InChI=1S/C19H22F3NO/c1-12-2-7-15(8-3-12)24-17-9-6-14-5-4-13(11-23)10-16(14)18(17)19(20,21)22/h4-6,9-10,12,15H,2-3,7-8,11,23H2,1H3. The van der Waals surface area contributed by atoms with Gasteiger partial charge in [-0.3, -0.25) is 0 Å². The smallest absolute Gasteiger partial charge is 0.420 e. The Labute approximate surface area is 139 Å². The lowest BCUT2D eigenvalue weighted by Gasteiger charge is -2.28. The van der Waals surface area contributed by atoms with Gasteiger partial charge >= 0.3 is 6.18 Å². The Bertz CT molecular complexity index is 718. The van der Waals surface area contributed by atoms with Crippen molar-refractivity contribution in [3.63, 3.8) is 0 Å². The molecule has 0 spiro atoms. The largest absolute Gasteiger partial charge is 0.490 e. The summed E-state index contributed by atoms with van der Waals surface area (Å²) >= 11 is 0. The number of ether oxygens (including phenoxy) is 1. The molecule has 0 saturated heterocycles.